The van der Waals surface area contributed by atoms with Crippen molar-refractivity contribution in [2.75, 3.05) is 6.54 Å². The van der Waals surface area contributed by atoms with Gasteiger partial charge in [-0.3, -0.25) is 0 Å². The van der Waals surface area contributed by atoms with Crippen LogP contribution in [-0.4, -0.2) is 11.5 Å². The molecule has 0 fully saturated rings. The molecule has 2 aromatic rings. The van der Waals surface area contributed by atoms with Crippen molar-refractivity contribution in [3.8, 4) is 10.6 Å². The lowest BCUT2D eigenvalue weighted by Gasteiger charge is -2.07. The molecular formula is C13H13F3N2S. The summed E-state index contributed by atoms with van der Waals surface area (Å²) >= 11 is 1.40. The first-order valence-electron chi connectivity index (χ1n) is 5.83. The third kappa shape index (κ3) is 3.54. The predicted octanol–water partition coefficient (Wildman–Crippen LogP) is 3.94. The van der Waals surface area contributed by atoms with E-state index < -0.39 is 11.7 Å². The number of nitrogens with zero attached hydrogens (tertiary/aromatic N) is 1. The molecule has 102 valence electrons. The number of hydrogen-bond acceptors (Lipinski definition) is 3. The van der Waals surface area contributed by atoms with Crippen molar-refractivity contribution in [2.45, 2.75) is 19.6 Å². The summed E-state index contributed by atoms with van der Waals surface area (Å²) < 4.78 is 37.9. The van der Waals surface area contributed by atoms with Crippen LogP contribution in [0.1, 0.15) is 17.4 Å². The first-order valence-corrected chi connectivity index (χ1v) is 6.65. The topological polar surface area (TPSA) is 24.9 Å². The summed E-state index contributed by atoms with van der Waals surface area (Å²) in [6.07, 6.45) is -2.62. The van der Waals surface area contributed by atoms with E-state index in [4.69, 9.17) is 0 Å². The van der Waals surface area contributed by atoms with Gasteiger partial charge in [0, 0.05) is 23.2 Å². The Hall–Kier alpha value is -1.40. The van der Waals surface area contributed by atoms with Gasteiger partial charge in [-0.25, -0.2) is 4.98 Å². The fraction of sp³-hybridized carbons (Fsp3) is 0.308. The van der Waals surface area contributed by atoms with Gasteiger partial charge in [0.15, 0.2) is 0 Å². The molecule has 2 nitrogen and oxygen atoms in total. The number of alkyl halides is 3. The van der Waals surface area contributed by atoms with Crippen molar-refractivity contribution in [3.05, 3.63) is 40.9 Å². The van der Waals surface area contributed by atoms with Gasteiger partial charge in [-0.1, -0.05) is 19.1 Å². The normalized spacial score (nSPS) is 11.8. The first-order chi connectivity index (χ1) is 9.00. The SMILES string of the molecule is CCNCc1cnc(-c2cccc(C(F)(F)F)c2)s1. The Balaban J connectivity index is 2.24. The van der Waals surface area contributed by atoms with E-state index in [1.165, 1.54) is 17.4 Å². The molecule has 2 rings (SSSR count). The van der Waals surface area contributed by atoms with Gasteiger partial charge in [-0.05, 0) is 18.7 Å². The minimum absolute atomic E-state index is 0.502. The van der Waals surface area contributed by atoms with Gasteiger partial charge in [-0.15, -0.1) is 11.3 Å². The first kappa shape index (κ1) is 14.0. The largest absolute Gasteiger partial charge is 0.416 e. The van der Waals surface area contributed by atoms with E-state index in [1.807, 2.05) is 6.92 Å². The zero-order valence-electron chi connectivity index (χ0n) is 10.3. The number of thiazole rings is 1. The number of rotatable bonds is 4. The van der Waals surface area contributed by atoms with E-state index in [-0.39, 0.29) is 0 Å². The average molecular weight is 286 g/mol. The lowest BCUT2D eigenvalue weighted by atomic mass is 10.1. The molecule has 0 bridgehead atoms. The van der Waals surface area contributed by atoms with Crippen molar-refractivity contribution < 1.29 is 13.2 Å². The zero-order valence-corrected chi connectivity index (χ0v) is 11.1. The Labute approximate surface area is 113 Å². The molecule has 0 atom stereocenters. The Bertz CT molecular complexity index is 549. The summed E-state index contributed by atoms with van der Waals surface area (Å²) in [7, 11) is 0. The zero-order chi connectivity index (χ0) is 13.9. The highest BCUT2D eigenvalue weighted by molar-refractivity contribution is 7.15. The van der Waals surface area contributed by atoms with Gasteiger partial charge >= 0.3 is 6.18 Å². The Morgan fingerprint density at radius 2 is 2.11 bits per heavy atom. The third-order valence-electron chi connectivity index (χ3n) is 2.54. The van der Waals surface area contributed by atoms with Gasteiger partial charge in [0.2, 0.25) is 0 Å². The van der Waals surface area contributed by atoms with E-state index in [2.05, 4.69) is 10.3 Å². The van der Waals surface area contributed by atoms with Crippen LogP contribution in [0.4, 0.5) is 13.2 Å². The van der Waals surface area contributed by atoms with Crippen molar-refractivity contribution >= 4 is 11.3 Å². The van der Waals surface area contributed by atoms with Crippen molar-refractivity contribution in [3.63, 3.8) is 0 Å². The minimum atomic E-state index is -4.32. The van der Waals surface area contributed by atoms with Gasteiger partial charge in [0.1, 0.15) is 5.01 Å². The molecule has 0 saturated carbocycles. The molecule has 1 aromatic carbocycles. The molecule has 19 heavy (non-hydrogen) atoms. The molecule has 0 aliphatic rings. The fourth-order valence-electron chi connectivity index (χ4n) is 1.60. The van der Waals surface area contributed by atoms with Crippen molar-refractivity contribution in [1.82, 2.24) is 10.3 Å². The molecule has 0 saturated heterocycles. The molecule has 1 aromatic heterocycles. The second kappa shape index (κ2) is 5.71. The van der Waals surface area contributed by atoms with Crippen LogP contribution in [0.25, 0.3) is 10.6 Å². The molecule has 0 spiro atoms. The molecule has 0 aliphatic carbocycles. The van der Waals surface area contributed by atoms with Crippen LogP contribution in [-0.2, 0) is 12.7 Å². The maximum absolute atomic E-state index is 12.6. The Morgan fingerprint density at radius 3 is 2.79 bits per heavy atom. The summed E-state index contributed by atoms with van der Waals surface area (Å²) in [5.41, 5.74) is -0.143. The van der Waals surface area contributed by atoms with Gasteiger partial charge in [0.05, 0.1) is 5.56 Å². The number of nitrogens with one attached hydrogen (secondary N) is 1. The second-order valence-corrected chi connectivity index (χ2v) is 5.11. The van der Waals surface area contributed by atoms with E-state index in [9.17, 15) is 13.2 Å². The lowest BCUT2D eigenvalue weighted by molar-refractivity contribution is -0.137. The van der Waals surface area contributed by atoms with Gasteiger partial charge < -0.3 is 5.32 Å². The van der Waals surface area contributed by atoms with E-state index >= 15 is 0 Å². The molecule has 6 heteroatoms. The van der Waals surface area contributed by atoms with Crippen LogP contribution in [0.3, 0.4) is 0 Å². The highest BCUT2D eigenvalue weighted by Crippen LogP contribution is 2.33. The lowest BCUT2D eigenvalue weighted by Crippen LogP contribution is -2.10. The maximum Gasteiger partial charge on any atom is 0.416 e. The highest BCUT2D eigenvalue weighted by Gasteiger charge is 2.30. The van der Waals surface area contributed by atoms with Crippen LogP contribution >= 0.6 is 11.3 Å². The van der Waals surface area contributed by atoms with E-state index in [1.54, 1.807) is 12.3 Å². The van der Waals surface area contributed by atoms with E-state index in [0.717, 1.165) is 23.6 Å². The number of benzene rings is 1. The van der Waals surface area contributed by atoms with Crippen molar-refractivity contribution in [1.29, 1.82) is 0 Å². The Kier molecular flexibility index (Phi) is 4.21. The van der Waals surface area contributed by atoms with Crippen LogP contribution < -0.4 is 5.32 Å². The van der Waals surface area contributed by atoms with Gasteiger partial charge in [-0.2, -0.15) is 13.2 Å². The van der Waals surface area contributed by atoms with Crippen LogP contribution in [0.2, 0.25) is 0 Å². The number of hydrogen-bond donors (Lipinski definition) is 1. The van der Waals surface area contributed by atoms with E-state index in [0.29, 0.717) is 17.1 Å². The number of halogens is 3. The molecule has 0 unspecified atom stereocenters. The molecule has 1 heterocycles. The quantitative estimate of drug-likeness (QED) is 0.921. The van der Waals surface area contributed by atoms with Crippen LogP contribution in [0, 0.1) is 0 Å². The molecular weight excluding hydrogens is 273 g/mol. The Morgan fingerprint density at radius 1 is 1.32 bits per heavy atom. The standard InChI is InChI=1S/C13H13F3N2S/c1-2-17-7-11-8-18-12(19-11)9-4-3-5-10(6-9)13(14,15)16/h3-6,8,17H,2,7H2,1H3. The maximum atomic E-state index is 12.6. The minimum Gasteiger partial charge on any atom is -0.312 e. The summed E-state index contributed by atoms with van der Waals surface area (Å²) in [5.74, 6) is 0. The smallest absolute Gasteiger partial charge is 0.312 e. The van der Waals surface area contributed by atoms with Crippen LogP contribution in [0.15, 0.2) is 30.5 Å². The van der Waals surface area contributed by atoms with Crippen LogP contribution in [0.5, 0.6) is 0 Å². The van der Waals surface area contributed by atoms with Crippen molar-refractivity contribution in [2.24, 2.45) is 0 Å². The monoisotopic (exact) mass is 286 g/mol. The second-order valence-electron chi connectivity index (χ2n) is 3.99. The predicted molar refractivity (Wildman–Crippen MR) is 69.9 cm³/mol. The molecule has 0 radical (unpaired) electrons. The molecule has 0 aliphatic heterocycles. The number of aromatic nitrogens is 1. The summed E-state index contributed by atoms with van der Waals surface area (Å²) in [4.78, 5) is 5.18. The summed E-state index contributed by atoms with van der Waals surface area (Å²) in [6, 6.07) is 5.25. The molecule has 0 amide bonds. The molecule has 1 N–H and O–H groups in total. The third-order valence-corrected chi connectivity index (χ3v) is 3.59. The summed E-state index contributed by atoms with van der Waals surface area (Å²) in [5, 5.41) is 3.77. The van der Waals surface area contributed by atoms with Gasteiger partial charge in [0.25, 0.3) is 0 Å². The fourth-order valence-corrected chi connectivity index (χ4v) is 2.48. The highest BCUT2D eigenvalue weighted by atomic mass is 32.1. The average Bonchev–Trinajstić information content (AvgIpc) is 2.84. The summed E-state index contributed by atoms with van der Waals surface area (Å²) in [6.45, 7) is 3.53.